The topological polar surface area (TPSA) is 26.7 Å². The second-order valence-corrected chi connectivity index (χ2v) is 4.88. The molecule has 0 aromatic carbocycles. The van der Waals surface area contributed by atoms with Crippen molar-refractivity contribution in [3.05, 3.63) is 0 Å². The Kier molecular flexibility index (Phi) is 9.99. The molecule has 0 spiro atoms. The summed E-state index contributed by atoms with van der Waals surface area (Å²) in [6.07, 6.45) is 4.62. The minimum atomic E-state index is 0.342. The number of likely N-dealkylation sites (N-methyl/N-ethyl adjacent to an activating group) is 2. The van der Waals surface area contributed by atoms with Gasteiger partial charge in [0.2, 0.25) is 0 Å². The summed E-state index contributed by atoms with van der Waals surface area (Å²) in [4.78, 5) is 4.79. The van der Waals surface area contributed by atoms with Gasteiger partial charge in [-0.15, -0.1) is 0 Å². The number of nitrogens with zero attached hydrogens (tertiary/aromatic N) is 2. The third-order valence-electron chi connectivity index (χ3n) is 3.01. The summed E-state index contributed by atoms with van der Waals surface area (Å²) in [6.45, 7) is 8.34. The average Bonchev–Trinajstić information content (AvgIpc) is 2.22. The Morgan fingerprint density at radius 3 is 2.19 bits per heavy atom. The maximum absolute atomic E-state index is 8.69. The highest BCUT2D eigenvalue weighted by atomic mass is 16.2. The van der Waals surface area contributed by atoms with Crippen LogP contribution in [0.2, 0.25) is 0 Å². The molecular weight excluding hydrogens is 200 g/mol. The Bertz CT molecular complexity index is 151. The van der Waals surface area contributed by atoms with Gasteiger partial charge in [0.25, 0.3) is 0 Å². The summed E-state index contributed by atoms with van der Waals surface area (Å²) in [5.41, 5.74) is 0. The van der Waals surface area contributed by atoms with Crippen LogP contribution in [0.1, 0.15) is 39.5 Å². The molecule has 0 aliphatic rings. The van der Waals surface area contributed by atoms with Crippen LogP contribution < -0.4 is 0 Å². The van der Waals surface area contributed by atoms with E-state index in [2.05, 4.69) is 37.7 Å². The van der Waals surface area contributed by atoms with Crippen molar-refractivity contribution in [1.29, 1.82) is 0 Å². The highest BCUT2D eigenvalue weighted by Crippen LogP contribution is 2.05. The molecule has 98 valence electrons. The van der Waals surface area contributed by atoms with Crippen molar-refractivity contribution in [3.63, 3.8) is 0 Å². The summed E-state index contributed by atoms with van der Waals surface area (Å²) >= 11 is 0. The van der Waals surface area contributed by atoms with Crippen LogP contribution in [-0.4, -0.2) is 61.3 Å². The van der Waals surface area contributed by atoms with Gasteiger partial charge in [-0.3, -0.25) is 4.90 Å². The van der Waals surface area contributed by atoms with Gasteiger partial charge >= 0.3 is 0 Å². The van der Waals surface area contributed by atoms with Crippen LogP contribution in [0.25, 0.3) is 0 Å². The molecule has 0 rings (SSSR count). The van der Waals surface area contributed by atoms with E-state index >= 15 is 0 Å². The monoisotopic (exact) mass is 230 g/mol. The Hall–Kier alpha value is -0.120. The van der Waals surface area contributed by atoms with Gasteiger partial charge in [0, 0.05) is 19.2 Å². The van der Waals surface area contributed by atoms with E-state index in [9.17, 15) is 0 Å². The van der Waals surface area contributed by atoms with Crippen LogP contribution in [0.4, 0.5) is 0 Å². The van der Waals surface area contributed by atoms with Gasteiger partial charge < -0.3 is 10.0 Å². The van der Waals surface area contributed by atoms with Crippen molar-refractivity contribution in [2.45, 2.75) is 45.6 Å². The van der Waals surface area contributed by atoms with Gasteiger partial charge in [0.05, 0.1) is 0 Å². The van der Waals surface area contributed by atoms with Crippen LogP contribution in [0.3, 0.4) is 0 Å². The van der Waals surface area contributed by atoms with Gasteiger partial charge in [0.15, 0.2) is 0 Å². The highest BCUT2D eigenvalue weighted by Gasteiger charge is 2.11. The lowest BCUT2D eigenvalue weighted by molar-refractivity contribution is 0.178. The van der Waals surface area contributed by atoms with Crippen molar-refractivity contribution < 1.29 is 5.11 Å². The van der Waals surface area contributed by atoms with E-state index in [1.807, 2.05) is 0 Å². The third kappa shape index (κ3) is 8.08. The highest BCUT2D eigenvalue weighted by molar-refractivity contribution is 4.68. The Balaban J connectivity index is 3.65. The van der Waals surface area contributed by atoms with Gasteiger partial charge in [-0.2, -0.15) is 0 Å². The fourth-order valence-electron chi connectivity index (χ4n) is 2.11. The summed E-state index contributed by atoms with van der Waals surface area (Å²) < 4.78 is 0. The molecule has 3 nitrogen and oxygen atoms in total. The van der Waals surface area contributed by atoms with Crippen molar-refractivity contribution in [2.24, 2.45) is 0 Å². The van der Waals surface area contributed by atoms with Crippen LogP contribution in [-0.2, 0) is 0 Å². The van der Waals surface area contributed by atoms with Crippen LogP contribution in [0.15, 0.2) is 0 Å². The molecule has 0 fully saturated rings. The number of aliphatic hydroxyl groups excluding tert-OH is 1. The van der Waals surface area contributed by atoms with Crippen molar-refractivity contribution in [1.82, 2.24) is 9.80 Å². The molecule has 1 atom stereocenters. The first kappa shape index (κ1) is 15.9. The predicted molar refractivity (Wildman–Crippen MR) is 70.8 cm³/mol. The normalized spacial score (nSPS) is 13.7. The molecule has 0 bridgehead atoms. The maximum Gasteiger partial charge on any atom is 0.0431 e. The largest absolute Gasteiger partial charge is 0.396 e. The summed E-state index contributed by atoms with van der Waals surface area (Å²) in [7, 11) is 4.26. The third-order valence-corrected chi connectivity index (χ3v) is 3.01. The minimum absolute atomic E-state index is 0.342. The van der Waals surface area contributed by atoms with Crippen LogP contribution >= 0.6 is 0 Å². The Morgan fingerprint density at radius 1 is 1.06 bits per heavy atom. The second-order valence-electron chi connectivity index (χ2n) is 4.88. The van der Waals surface area contributed by atoms with Crippen molar-refractivity contribution in [3.8, 4) is 0 Å². The summed E-state index contributed by atoms with van der Waals surface area (Å²) in [5, 5.41) is 8.69. The number of hydrogen-bond acceptors (Lipinski definition) is 3. The van der Waals surface area contributed by atoms with E-state index in [0.29, 0.717) is 12.6 Å². The SMILES string of the molecule is CCN(CCCCCCO)C(C)CN(C)C. The summed E-state index contributed by atoms with van der Waals surface area (Å²) in [6, 6.07) is 0.637. The number of rotatable bonds is 10. The molecule has 0 heterocycles. The number of aliphatic hydroxyl groups is 1. The molecule has 0 radical (unpaired) electrons. The lowest BCUT2D eigenvalue weighted by Crippen LogP contribution is -2.40. The molecule has 0 saturated heterocycles. The van der Waals surface area contributed by atoms with E-state index in [0.717, 1.165) is 25.9 Å². The van der Waals surface area contributed by atoms with E-state index in [1.165, 1.54) is 19.4 Å². The van der Waals surface area contributed by atoms with Gasteiger partial charge in [-0.05, 0) is 47.0 Å². The zero-order valence-electron chi connectivity index (χ0n) is 11.6. The first-order valence-corrected chi connectivity index (χ1v) is 6.61. The van der Waals surface area contributed by atoms with Gasteiger partial charge in [-0.25, -0.2) is 0 Å². The fraction of sp³-hybridized carbons (Fsp3) is 1.00. The van der Waals surface area contributed by atoms with Crippen molar-refractivity contribution >= 4 is 0 Å². The molecule has 0 amide bonds. The minimum Gasteiger partial charge on any atom is -0.396 e. The smallest absolute Gasteiger partial charge is 0.0431 e. The zero-order chi connectivity index (χ0) is 12.4. The average molecular weight is 230 g/mol. The maximum atomic E-state index is 8.69. The quantitative estimate of drug-likeness (QED) is 0.580. The molecular formula is C13H30N2O. The molecule has 1 unspecified atom stereocenters. The van der Waals surface area contributed by atoms with E-state index in [-0.39, 0.29) is 0 Å². The Morgan fingerprint density at radius 2 is 1.69 bits per heavy atom. The van der Waals surface area contributed by atoms with E-state index in [4.69, 9.17) is 5.11 Å². The molecule has 0 saturated carbocycles. The fourth-order valence-corrected chi connectivity index (χ4v) is 2.11. The lowest BCUT2D eigenvalue weighted by Gasteiger charge is -2.29. The lowest BCUT2D eigenvalue weighted by atomic mass is 10.1. The molecule has 0 aliphatic heterocycles. The molecule has 3 heteroatoms. The molecule has 0 aromatic rings. The first-order chi connectivity index (χ1) is 7.61. The van der Waals surface area contributed by atoms with Gasteiger partial charge in [-0.1, -0.05) is 19.8 Å². The first-order valence-electron chi connectivity index (χ1n) is 6.61. The zero-order valence-corrected chi connectivity index (χ0v) is 11.6. The van der Waals surface area contributed by atoms with E-state index in [1.54, 1.807) is 0 Å². The number of hydrogen-bond donors (Lipinski definition) is 1. The number of unbranched alkanes of at least 4 members (excludes halogenated alkanes) is 3. The van der Waals surface area contributed by atoms with E-state index < -0.39 is 0 Å². The van der Waals surface area contributed by atoms with Crippen molar-refractivity contribution in [2.75, 3.05) is 40.3 Å². The van der Waals surface area contributed by atoms with Crippen LogP contribution in [0.5, 0.6) is 0 Å². The molecule has 1 N–H and O–H groups in total. The molecule has 0 aromatic heterocycles. The predicted octanol–water partition coefficient (Wildman–Crippen LogP) is 1.81. The second kappa shape index (κ2) is 10.1. The standard InChI is InChI=1S/C13H30N2O/c1-5-15(13(2)12-14(3)4)10-8-6-7-9-11-16/h13,16H,5-12H2,1-4H3. The molecule has 0 aliphatic carbocycles. The Labute approximate surface area is 101 Å². The molecule has 16 heavy (non-hydrogen) atoms. The van der Waals surface area contributed by atoms with Crippen LogP contribution in [0, 0.1) is 0 Å². The van der Waals surface area contributed by atoms with Gasteiger partial charge in [0.1, 0.15) is 0 Å². The summed E-state index contributed by atoms with van der Waals surface area (Å²) in [5.74, 6) is 0.